The van der Waals surface area contributed by atoms with Crippen LogP contribution in [-0.2, 0) is 0 Å². The van der Waals surface area contributed by atoms with Crippen LogP contribution in [-0.4, -0.2) is 0 Å². The van der Waals surface area contributed by atoms with Gasteiger partial charge < -0.3 is 0 Å². The minimum absolute atomic E-state index is 0.134. The van der Waals surface area contributed by atoms with Gasteiger partial charge in [-0.15, -0.1) is 0 Å². The molecule has 0 bridgehead atoms. The molecular weight excluding hydrogens is 60.1 g/mol. The lowest BCUT2D eigenvalue weighted by molar-refractivity contribution is 1.36. The highest BCUT2D eigenvalue weighted by Gasteiger charge is 1.60. The van der Waals surface area contributed by atoms with Crippen molar-refractivity contribution in [1.29, 1.82) is 0 Å². The van der Waals surface area contributed by atoms with Gasteiger partial charge in [0.2, 0.25) is 0 Å². The fourth-order valence-electron chi connectivity index (χ4n) is 0. The van der Waals surface area contributed by atoms with E-state index in [4.69, 9.17) is 5.48 Å². The standard InChI is InChI=1S/C5H10/c1-4-5(2)3/h4H,1-3H3/i2D3,4D/b5-4+. The van der Waals surface area contributed by atoms with Gasteiger partial charge in [0.05, 0.1) is 1.37 Å². The molecule has 0 heterocycles. The van der Waals surface area contributed by atoms with Gasteiger partial charge in [-0.3, -0.25) is 0 Å². The van der Waals surface area contributed by atoms with Crippen LogP contribution in [0.4, 0.5) is 0 Å². The molecule has 0 heteroatoms. The lowest BCUT2D eigenvalue weighted by atomic mass is 10.3. The van der Waals surface area contributed by atoms with Crippen molar-refractivity contribution in [3.05, 3.63) is 11.6 Å². The van der Waals surface area contributed by atoms with Crippen LogP contribution in [0.1, 0.15) is 26.2 Å². The van der Waals surface area contributed by atoms with Crippen LogP contribution >= 0.6 is 0 Å². The monoisotopic (exact) mass is 74.1 g/mol. The van der Waals surface area contributed by atoms with Crippen LogP contribution in [0.15, 0.2) is 11.6 Å². The van der Waals surface area contributed by atoms with Crippen molar-refractivity contribution in [1.82, 2.24) is 0 Å². The first-order valence-electron chi connectivity index (χ1n) is 3.50. The van der Waals surface area contributed by atoms with Gasteiger partial charge in [0, 0.05) is 4.11 Å². The highest BCUT2D eigenvalue weighted by molar-refractivity contribution is 4.88. The van der Waals surface area contributed by atoms with E-state index in [1.165, 1.54) is 13.8 Å². The average molecular weight is 74.2 g/mol. The van der Waals surface area contributed by atoms with Crippen LogP contribution < -0.4 is 0 Å². The topological polar surface area (TPSA) is 0 Å². The van der Waals surface area contributed by atoms with Gasteiger partial charge in [-0.05, 0) is 20.7 Å². The molecule has 0 aromatic carbocycles. The molecule has 0 radical (unpaired) electrons. The molecule has 0 rings (SSSR count). The van der Waals surface area contributed by atoms with E-state index in [1.807, 2.05) is 0 Å². The maximum atomic E-state index is 6.96. The van der Waals surface area contributed by atoms with Gasteiger partial charge >= 0.3 is 0 Å². The summed E-state index contributed by atoms with van der Waals surface area (Å²) in [6.45, 7) is 0.850. The third kappa shape index (κ3) is 3.74. The van der Waals surface area contributed by atoms with E-state index in [-0.39, 0.29) is 11.6 Å². The lowest BCUT2D eigenvalue weighted by Gasteiger charge is -1.74. The Labute approximate surface area is 39.1 Å². The van der Waals surface area contributed by atoms with E-state index < -0.39 is 6.85 Å². The molecule has 0 nitrogen and oxygen atoms in total. The second-order valence-electron chi connectivity index (χ2n) is 0.875. The Bertz CT molecular complexity index is 126. The van der Waals surface area contributed by atoms with Gasteiger partial charge in [-0.25, -0.2) is 0 Å². The van der Waals surface area contributed by atoms with Crippen LogP contribution in [0.25, 0.3) is 0 Å². The van der Waals surface area contributed by atoms with Crippen molar-refractivity contribution in [3.63, 3.8) is 0 Å². The number of allylic oxidation sites excluding steroid dienone is 2. The van der Waals surface area contributed by atoms with Crippen LogP contribution in [0, 0.1) is 0 Å². The van der Waals surface area contributed by atoms with Crippen LogP contribution in [0.3, 0.4) is 0 Å². The molecule has 0 spiro atoms. The molecule has 0 unspecified atom stereocenters. The Morgan fingerprint density at radius 2 is 2.80 bits per heavy atom. The number of hydrogen-bond donors (Lipinski definition) is 0. The van der Waals surface area contributed by atoms with E-state index in [2.05, 4.69) is 0 Å². The van der Waals surface area contributed by atoms with Crippen molar-refractivity contribution in [3.8, 4) is 0 Å². The summed E-state index contributed by atoms with van der Waals surface area (Å²) in [4.78, 5) is 0. The largest absolute Gasteiger partial charge is 0.0890 e. The van der Waals surface area contributed by atoms with E-state index in [0.717, 1.165) is 0 Å². The molecular formula is C5H10. The highest BCUT2D eigenvalue weighted by atomic mass is 13.7. The van der Waals surface area contributed by atoms with E-state index >= 15 is 0 Å². The molecule has 5 heavy (non-hydrogen) atoms. The summed E-state index contributed by atoms with van der Waals surface area (Å²) in [6, 6.07) is 0.134. The van der Waals surface area contributed by atoms with E-state index in [9.17, 15) is 0 Å². The summed E-state index contributed by atoms with van der Waals surface area (Å²) in [5, 5.41) is 0. The Balaban J connectivity index is 4.40. The maximum Gasteiger partial charge on any atom is 0.0572 e. The van der Waals surface area contributed by atoms with Crippen molar-refractivity contribution < 1.29 is 5.48 Å². The second-order valence-corrected chi connectivity index (χ2v) is 0.875. The molecule has 0 aliphatic heterocycles. The summed E-state index contributed by atoms with van der Waals surface area (Å²) < 4.78 is 27.4. The fourth-order valence-corrected chi connectivity index (χ4v) is 0. The molecule has 0 aliphatic carbocycles. The molecule has 30 valence electrons. The predicted molar refractivity (Wildman–Crippen MR) is 25.1 cm³/mol. The first-order chi connectivity index (χ1) is 3.85. The van der Waals surface area contributed by atoms with E-state index in [0.29, 0.717) is 0 Å². The first-order valence-corrected chi connectivity index (χ1v) is 1.50. The first kappa shape index (κ1) is 1.11. The van der Waals surface area contributed by atoms with Gasteiger partial charge in [0.15, 0.2) is 0 Å². The molecule has 0 saturated heterocycles. The quantitative estimate of drug-likeness (QED) is 0.385. The number of hydrogen-bond acceptors (Lipinski definition) is 0. The Morgan fingerprint density at radius 1 is 2.20 bits per heavy atom. The zero-order valence-corrected chi connectivity index (χ0v) is 3.50. The maximum absolute atomic E-state index is 6.96. The molecule has 0 aliphatic rings. The molecule has 0 amide bonds. The van der Waals surface area contributed by atoms with Crippen LogP contribution in [0.5, 0.6) is 0 Å². The van der Waals surface area contributed by atoms with Gasteiger partial charge in [0.1, 0.15) is 0 Å². The Hall–Kier alpha value is -0.260. The van der Waals surface area contributed by atoms with Gasteiger partial charge in [0.25, 0.3) is 0 Å². The molecule has 0 saturated carbocycles. The highest BCUT2D eigenvalue weighted by Crippen LogP contribution is 1.82. The third-order valence-electron chi connectivity index (χ3n) is 0.375. The normalized spacial score (nSPS) is 28.4. The molecule has 0 aromatic heterocycles. The summed E-state index contributed by atoms with van der Waals surface area (Å²) in [5.74, 6) is 0. The zero-order valence-electron chi connectivity index (χ0n) is 7.50. The average Bonchev–Trinajstić information content (AvgIpc) is 1.62. The lowest BCUT2D eigenvalue weighted by Crippen LogP contribution is -1.52. The predicted octanol–water partition coefficient (Wildman–Crippen LogP) is 1.97. The zero-order chi connectivity index (χ0) is 7.65. The van der Waals surface area contributed by atoms with Gasteiger partial charge in [-0.1, -0.05) is 11.6 Å². The van der Waals surface area contributed by atoms with E-state index in [1.54, 1.807) is 0 Å². The molecule has 0 fully saturated rings. The molecule has 0 aromatic rings. The summed E-state index contributed by atoms with van der Waals surface area (Å²) >= 11 is 0. The van der Waals surface area contributed by atoms with Crippen molar-refractivity contribution in [2.75, 3.05) is 0 Å². The van der Waals surface area contributed by atoms with Gasteiger partial charge in [-0.2, -0.15) is 0 Å². The number of rotatable bonds is 0. The van der Waals surface area contributed by atoms with Crippen LogP contribution in [0.2, 0.25) is 0 Å². The Morgan fingerprint density at radius 3 is 2.80 bits per heavy atom. The van der Waals surface area contributed by atoms with Crippen molar-refractivity contribution in [2.24, 2.45) is 0 Å². The second kappa shape index (κ2) is 2.01. The fraction of sp³-hybridized carbons (Fsp3) is 0.600. The Kier molecular flexibility index (Phi) is 0.444. The summed E-state index contributed by atoms with van der Waals surface area (Å²) in [7, 11) is 0. The molecule has 0 atom stereocenters. The minimum atomic E-state index is -2.08. The minimum Gasteiger partial charge on any atom is -0.0890 e. The smallest absolute Gasteiger partial charge is 0.0572 e. The SMILES string of the molecule is [2H]/C(C)=C(\C)C([2H])([2H])[2H]. The third-order valence-corrected chi connectivity index (χ3v) is 0.375. The summed E-state index contributed by atoms with van der Waals surface area (Å²) in [6.07, 6.45) is 0. The van der Waals surface area contributed by atoms with Crippen molar-refractivity contribution in [2.45, 2.75) is 20.7 Å². The molecule has 0 N–H and O–H groups in total. The van der Waals surface area contributed by atoms with Crippen molar-refractivity contribution >= 4 is 0 Å². The summed E-state index contributed by atoms with van der Waals surface area (Å²) in [5.41, 5.74) is 0.169.